The van der Waals surface area contributed by atoms with Crippen LogP contribution in [0, 0.1) is 0 Å². The van der Waals surface area contributed by atoms with E-state index in [1.165, 1.54) is 4.90 Å². The minimum Gasteiger partial charge on any atom is -0.393 e. The molecule has 0 aliphatic rings. The molecule has 0 aliphatic heterocycles. The normalized spacial score (nSPS) is 12.7. The number of benzene rings is 3. The Bertz CT molecular complexity index is 1380. The van der Waals surface area contributed by atoms with Crippen molar-refractivity contribution < 1.29 is 31.1 Å². The average molecular weight is 614 g/mol. The second kappa shape index (κ2) is 13.5. The van der Waals surface area contributed by atoms with Gasteiger partial charge in [-0.15, -0.1) is 0 Å². The Balaban J connectivity index is 2.08. The van der Waals surface area contributed by atoms with E-state index in [0.717, 1.165) is 5.01 Å². The van der Waals surface area contributed by atoms with Gasteiger partial charge in [0.05, 0.1) is 23.4 Å². The maximum absolute atomic E-state index is 13.8. The Morgan fingerprint density at radius 3 is 1.88 bits per heavy atom. The number of halogens is 7. The van der Waals surface area contributed by atoms with Crippen molar-refractivity contribution in [2.45, 2.75) is 25.4 Å². The van der Waals surface area contributed by atoms with Crippen molar-refractivity contribution in [1.29, 1.82) is 0 Å². The monoisotopic (exact) mass is 613 g/mol. The highest BCUT2D eigenvalue weighted by atomic mass is 35.5. The number of likely N-dealkylation sites (N-methyl/N-ethyl adjacent to an activating group) is 1. The highest BCUT2D eigenvalue weighted by molar-refractivity contribution is 6.31. The van der Waals surface area contributed by atoms with E-state index in [-0.39, 0.29) is 36.1 Å². The maximum Gasteiger partial charge on any atom is 0.416 e. The van der Waals surface area contributed by atoms with E-state index in [2.05, 4.69) is 0 Å². The Kier molecular flexibility index (Phi) is 10.5. The van der Waals surface area contributed by atoms with Crippen LogP contribution < -0.4 is 11.6 Å². The van der Waals surface area contributed by atoms with Crippen LogP contribution in [0.1, 0.15) is 27.8 Å². The molecule has 0 atom stereocenters. The molecule has 3 aromatic rings. The number of hydrogen-bond acceptors (Lipinski definition) is 5. The summed E-state index contributed by atoms with van der Waals surface area (Å²) in [7, 11) is 3.64. The van der Waals surface area contributed by atoms with Gasteiger partial charge in [0.15, 0.2) is 0 Å². The third kappa shape index (κ3) is 8.63. The molecule has 0 fully saturated rings. The number of nitrogens with two attached hydrogens (primary N) is 2. The van der Waals surface area contributed by atoms with Gasteiger partial charge in [-0.25, -0.2) is 5.84 Å². The number of carbonyl (C=O) groups excluding carboxylic acids is 1. The maximum atomic E-state index is 13.8. The zero-order chi connectivity index (χ0) is 31.2. The quantitative estimate of drug-likeness (QED) is 0.128. The summed E-state index contributed by atoms with van der Waals surface area (Å²) >= 11 is 6.32. The van der Waals surface area contributed by atoms with Crippen LogP contribution in [0.4, 0.5) is 26.3 Å². The van der Waals surface area contributed by atoms with Crippen LogP contribution in [0.5, 0.6) is 0 Å². The van der Waals surface area contributed by atoms with Gasteiger partial charge in [0, 0.05) is 30.2 Å². The van der Waals surface area contributed by atoms with Crippen LogP contribution in [-0.4, -0.2) is 47.9 Å². The minimum absolute atomic E-state index is 0.0352. The molecular weight excluding hydrogens is 584 g/mol. The predicted molar refractivity (Wildman–Crippen MR) is 149 cm³/mol. The zero-order valence-electron chi connectivity index (χ0n) is 22.8. The fourth-order valence-corrected chi connectivity index (χ4v) is 4.33. The lowest BCUT2D eigenvalue weighted by atomic mass is 10.0. The number of amides is 1. The SMILES string of the molecule is CN(C)CCN(Cc1ccccc1Cl)C(=O)/C(N)=C(\c1ccccc1)N(N)Cc1cc(C(F)(F)F)cc(C(F)(F)F)c1. The summed E-state index contributed by atoms with van der Waals surface area (Å²) in [5.41, 5.74) is 3.62. The van der Waals surface area contributed by atoms with Crippen molar-refractivity contribution in [2.24, 2.45) is 11.6 Å². The first-order valence-electron chi connectivity index (χ1n) is 12.6. The van der Waals surface area contributed by atoms with E-state index < -0.39 is 35.9 Å². The third-order valence-corrected chi connectivity index (χ3v) is 6.61. The molecule has 3 rings (SSSR count). The number of hydrazine groups is 1. The number of carbonyl (C=O) groups is 1. The number of rotatable bonds is 10. The van der Waals surface area contributed by atoms with Crippen LogP contribution >= 0.6 is 11.6 Å². The fourth-order valence-electron chi connectivity index (χ4n) is 4.14. The molecule has 1 amide bonds. The van der Waals surface area contributed by atoms with E-state index in [4.69, 9.17) is 23.2 Å². The molecule has 0 aromatic heterocycles. The van der Waals surface area contributed by atoms with Crippen molar-refractivity contribution in [3.63, 3.8) is 0 Å². The molecule has 0 bridgehead atoms. The van der Waals surface area contributed by atoms with Gasteiger partial charge in [-0.2, -0.15) is 26.3 Å². The summed E-state index contributed by atoms with van der Waals surface area (Å²) in [4.78, 5) is 17.1. The molecule has 6 nitrogen and oxygen atoms in total. The lowest BCUT2D eigenvalue weighted by Gasteiger charge is -2.29. The summed E-state index contributed by atoms with van der Waals surface area (Å²) < 4.78 is 80.7. The average Bonchev–Trinajstić information content (AvgIpc) is 2.91. The van der Waals surface area contributed by atoms with Gasteiger partial charge < -0.3 is 20.5 Å². The molecule has 13 heteroatoms. The molecule has 226 valence electrons. The van der Waals surface area contributed by atoms with Crippen LogP contribution in [0.25, 0.3) is 5.70 Å². The predicted octanol–water partition coefficient (Wildman–Crippen LogP) is 5.97. The summed E-state index contributed by atoms with van der Waals surface area (Å²) in [5, 5.41) is 1.30. The summed E-state index contributed by atoms with van der Waals surface area (Å²) in [5.74, 6) is 5.62. The molecule has 0 radical (unpaired) electrons. The van der Waals surface area contributed by atoms with Crippen molar-refractivity contribution in [1.82, 2.24) is 14.8 Å². The standard InChI is InChI=1S/C29H30ClF6N5O/c1-39(2)12-13-40(18-21-10-6-7-11-24(21)30)27(42)25(37)26(20-8-4-3-5-9-20)41(38)17-19-14-22(28(31,32)33)16-23(15-19)29(34,35)36/h3-11,14-16H,12-13,17-18,37-38H2,1-2H3/b26-25-. The van der Waals surface area contributed by atoms with Crippen molar-refractivity contribution >= 4 is 23.2 Å². The number of alkyl halides is 6. The van der Waals surface area contributed by atoms with Crippen molar-refractivity contribution in [3.8, 4) is 0 Å². The van der Waals surface area contributed by atoms with Gasteiger partial charge >= 0.3 is 12.4 Å². The molecule has 0 saturated carbocycles. The third-order valence-electron chi connectivity index (χ3n) is 6.24. The zero-order valence-corrected chi connectivity index (χ0v) is 23.6. The lowest BCUT2D eigenvalue weighted by Crippen LogP contribution is -2.41. The van der Waals surface area contributed by atoms with E-state index >= 15 is 0 Å². The highest BCUT2D eigenvalue weighted by Crippen LogP contribution is 2.37. The minimum atomic E-state index is -5.03. The van der Waals surface area contributed by atoms with Gasteiger partial charge in [0.25, 0.3) is 5.91 Å². The van der Waals surface area contributed by atoms with Crippen LogP contribution in [0.15, 0.2) is 78.5 Å². The topological polar surface area (TPSA) is 78.8 Å². The largest absolute Gasteiger partial charge is 0.416 e. The Morgan fingerprint density at radius 2 is 1.36 bits per heavy atom. The fraction of sp³-hybridized carbons (Fsp3) is 0.276. The molecule has 3 aromatic carbocycles. The smallest absolute Gasteiger partial charge is 0.393 e. The van der Waals surface area contributed by atoms with E-state index in [9.17, 15) is 31.1 Å². The van der Waals surface area contributed by atoms with E-state index in [1.54, 1.807) is 54.6 Å². The molecule has 0 heterocycles. The lowest BCUT2D eigenvalue weighted by molar-refractivity contribution is -0.143. The summed E-state index contributed by atoms with van der Waals surface area (Å²) in [6.45, 7) is 0.156. The number of hydrogen-bond donors (Lipinski definition) is 2. The number of nitrogens with zero attached hydrogens (tertiary/aromatic N) is 3. The van der Waals surface area contributed by atoms with E-state index in [1.807, 2.05) is 19.0 Å². The molecule has 0 spiro atoms. The van der Waals surface area contributed by atoms with Crippen molar-refractivity contribution in [2.75, 3.05) is 27.2 Å². The first-order chi connectivity index (χ1) is 19.6. The second-order valence-corrected chi connectivity index (χ2v) is 10.2. The molecule has 4 N–H and O–H groups in total. The van der Waals surface area contributed by atoms with Gasteiger partial charge in [-0.1, -0.05) is 60.1 Å². The Morgan fingerprint density at radius 1 is 0.810 bits per heavy atom. The Hall–Kier alpha value is -3.74. The first-order valence-corrected chi connectivity index (χ1v) is 13.0. The molecular formula is C29H30ClF6N5O. The highest BCUT2D eigenvalue weighted by Gasteiger charge is 2.37. The van der Waals surface area contributed by atoms with E-state index in [0.29, 0.717) is 34.8 Å². The van der Waals surface area contributed by atoms with Crippen molar-refractivity contribution in [3.05, 3.63) is 111 Å². The molecule has 0 aliphatic carbocycles. The molecule has 0 saturated heterocycles. The first kappa shape index (κ1) is 32.8. The molecule has 0 unspecified atom stereocenters. The van der Waals surface area contributed by atoms with Gasteiger partial charge in [-0.05, 0) is 49.5 Å². The summed E-state index contributed by atoms with van der Waals surface area (Å²) in [6.07, 6.45) is -10.1. The van der Waals surface area contributed by atoms with Crippen LogP contribution in [0.3, 0.4) is 0 Å². The van der Waals surface area contributed by atoms with Crippen LogP contribution in [-0.2, 0) is 30.2 Å². The van der Waals surface area contributed by atoms with Gasteiger partial charge in [0.1, 0.15) is 5.70 Å². The molecule has 42 heavy (non-hydrogen) atoms. The van der Waals surface area contributed by atoms with Gasteiger partial charge in [0.2, 0.25) is 0 Å². The second-order valence-electron chi connectivity index (χ2n) is 9.79. The Labute approximate surface area is 244 Å². The van der Waals surface area contributed by atoms with Gasteiger partial charge in [-0.3, -0.25) is 4.79 Å². The summed E-state index contributed by atoms with van der Waals surface area (Å²) in [6, 6.07) is 16.2. The van der Waals surface area contributed by atoms with Crippen LogP contribution in [0.2, 0.25) is 5.02 Å².